The summed E-state index contributed by atoms with van der Waals surface area (Å²) in [5.41, 5.74) is 0. The zero-order valence-corrected chi connectivity index (χ0v) is 7.23. The summed E-state index contributed by atoms with van der Waals surface area (Å²) in [6, 6.07) is 0. The van der Waals surface area contributed by atoms with Gasteiger partial charge < -0.3 is 9.84 Å². The summed E-state index contributed by atoms with van der Waals surface area (Å²) in [5, 5.41) is 10.2. The van der Waals surface area contributed by atoms with Crippen molar-refractivity contribution < 1.29 is 9.84 Å². The van der Waals surface area contributed by atoms with E-state index in [-0.39, 0.29) is 6.10 Å². The van der Waals surface area contributed by atoms with Crippen LogP contribution < -0.4 is 0 Å². The van der Waals surface area contributed by atoms with Gasteiger partial charge in [0.1, 0.15) is 0 Å². The second-order valence-corrected chi connectivity index (χ2v) is 4.65. The van der Waals surface area contributed by atoms with Gasteiger partial charge in [-0.05, 0) is 5.25 Å². The van der Waals surface area contributed by atoms with Gasteiger partial charge in [0.05, 0.1) is 24.6 Å². The molecule has 1 saturated heterocycles. The number of hydrogen-bond donors (Lipinski definition) is 1. The second-order valence-electron chi connectivity index (χ2n) is 2.83. The first kappa shape index (κ1) is 8.37. The minimum atomic E-state index is -0.243. The summed E-state index contributed by atoms with van der Waals surface area (Å²) < 4.78 is 5.10. The topological polar surface area (TPSA) is 29.5 Å². The fourth-order valence-electron chi connectivity index (χ4n) is 1.00. The number of aliphatic hydroxyl groups is 1. The lowest BCUT2D eigenvalue weighted by molar-refractivity contribution is 0.127. The first-order valence-corrected chi connectivity index (χ1v) is 4.55. The van der Waals surface area contributed by atoms with Crippen LogP contribution in [0, 0.1) is 0 Å². The molecule has 0 saturated carbocycles. The van der Waals surface area contributed by atoms with E-state index in [1.54, 1.807) is 11.8 Å². The van der Waals surface area contributed by atoms with Crippen LogP contribution in [0.2, 0.25) is 0 Å². The molecule has 0 amide bonds. The fourth-order valence-corrected chi connectivity index (χ4v) is 2.14. The van der Waals surface area contributed by atoms with Gasteiger partial charge in [-0.15, -0.1) is 0 Å². The maximum absolute atomic E-state index is 9.29. The number of aliphatic hydroxyl groups excluding tert-OH is 1. The summed E-state index contributed by atoms with van der Waals surface area (Å²) in [4.78, 5) is 0. The Kier molecular flexibility index (Phi) is 3.01. The van der Waals surface area contributed by atoms with E-state index in [2.05, 4.69) is 13.8 Å². The minimum absolute atomic E-state index is 0.243. The molecule has 0 spiro atoms. The molecule has 1 aliphatic rings. The van der Waals surface area contributed by atoms with Gasteiger partial charge in [0.25, 0.3) is 0 Å². The normalized spacial score (nSPS) is 33.6. The third-order valence-electron chi connectivity index (χ3n) is 1.45. The Morgan fingerprint density at radius 1 is 1.50 bits per heavy atom. The smallest absolute Gasteiger partial charge is 0.0914 e. The van der Waals surface area contributed by atoms with Crippen LogP contribution in [0.25, 0.3) is 0 Å². The highest BCUT2D eigenvalue weighted by molar-refractivity contribution is 8.00. The SMILES string of the molecule is CC(C)SC1COCC1O. The maximum atomic E-state index is 9.29. The van der Waals surface area contributed by atoms with Crippen molar-refractivity contribution in [2.75, 3.05) is 13.2 Å². The van der Waals surface area contributed by atoms with Gasteiger partial charge in [-0.3, -0.25) is 0 Å². The molecule has 10 heavy (non-hydrogen) atoms. The molecular weight excluding hydrogens is 148 g/mol. The molecule has 2 unspecified atom stereocenters. The van der Waals surface area contributed by atoms with E-state index in [4.69, 9.17) is 4.74 Å². The van der Waals surface area contributed by atoms with Crippen LogP contribution in [0.4, 0.5) is 0 Å². The van der Waals surface area contributed by atoms with Crippen molar-refractivity contribution in [3.63, 3.8) is 0 Å². The summed E-state index contributed by atoms with van der Waals surface area (Å²) >= 11 is 1.80. The Balaban J connectivity index is 2.26. The Morgan fingerprint density at radius 2 is 2.20 bits per heavy atom. The van der Waals surface area contributed by atoms with Crippen molar-refractivity contribution in [1.29, 1.82) is 0 Å². The second kappa shape index (κ2) is 3.60. The van der Waals surface area contributed by atoms with Gasteiger partial charge in [-0.2, -0.15) is 11.8 Å². The van der Waals surface area contributed by atoms with E-state index in [0.717, 1.165) is 0 Å². The summed E-state index contributed by atoms with van der Waals surface area (Å²) in [5.74, 6) is 0. The molecule has 2 atom stereocenters. The number of hydrogen-bond acceptors (Lipinski definition) is 3. The van der Waals surface area contributed by atoms with E-state index in [9.17, 15) is 5.11 Å². The lowest BCUT2D eigenvalue weighted by Crippen LogP contribution is -2.21. The van der Waals surface area contributed by atoms with Crippen LogP contribution in [0.15, 0.2) is 0 Å². The summed E-state index contributed by atoms with van der Waals surface area (Å²) in [6.45, 7) is 5.50. The molecule has 1 heterocycles. The highest BCUT2D eigenvalue weighted by Crippen LogP contribution is 2.24. The molecule has 1 fully saturated rings. The average molecular weight is 162 g/mol. The number of rotatable bonds is 2. The van der Waals surface area contributed by atoms with Crippen LogP contribution in [-0.2, 0) is 4.74 Å². The molecule has 60 valence electrons. The molecule has 1 rings (SSSR count). The van der Waals surface area contributed by atoms with E-state index in [0.29, 0.717) is 23.7 Å². The highest BCUT2D eigenvalue weighted by atomic mass is 32.2. The predicted octanol–water partition coefficient (Wildman–Crippen LogP) is 0.888. The van der Waals surface area contributed by atoms with Crippen LogP contribution >= 0.6 is 11.8 Å². The van der Waals surface area contributed by atoms with E-state index in [1.807, 2.05) is 0 Å². The zero-order chi connectivity index (χ0) is 7.56. The standard InChI is InChI=1S/C7H14O2S/c1-5(2)10-7-4-9-3-6(7)8/h5-8H,3-4H2,1-2H3. The van der Waals surface area contributed by atoms with Gasteiger partial charge in [-0.1, -0.05) is 13.8 Å². The Bertz CT molecular complexity index is 106. The van der Waals surface area contributed by atoms with Gasteiger partial charge in [0, 0.05) is 0 Å². The summed E-state index contributed by atoms with van der Waals surface area (Å²) in [6.07, 6.45) is -0.243. The largest absolute Gasteiger partial charge is 0.389 e. The van der Waals surface area contributed by atoms with Crippen molar-refractivity contribution in [1.82, 2.24) is 0 Å². The molecule has 0 radical (unpaired) electrons. The van der Waals surface area contributed by atoms with Gasteiger partial charge in [0.2, 0.25) is 0 Å². The van der Waals surface area contributed by atoms with Gasteiger partial charge in [0.15, 0.2) is 0 Å². The third kappa shape index (κ3) is 2.15. The van der Waals surface area contributed by atoms with Crippen molar-refractivity contribution in [2.45, 2.75) is 30.5 Å². The lowest BCUT2D eigenvalue weighted by Gasteiger charge is -2.13. The van der Waals surface area contributed by atoms with Crippen LogP contribution in [0.1, 0.15) is 13.8 Å². The minimum Gasteiger partial charge on any atom is -0.389 e. The quantitative estimate of drug-likeness (QED) is 0.654. The highest BCUT2D eigenvalue weighted by Gasteiger charge is 2.26. The van der Waals surface area contributed by atoms with Crippen LogP contribution in [-0.4, -0.2) is 34.9 Å². The lowest BCUT2D eigenvalue weighted by atomic mass is 10.3. The molecule has 2 nitrogen and oxygen atoms in total. The molecule has 0 aromatic rings. The van der Waals surface area contributed by atoms with Crippen molar-refractivity contribution in [3.05, 3.63) is 0 Å². The molecule has 0 aromatic heterocycles. The van der Waals surface area contributed by atoms with Gasteiger partial charge >= 0.3 is 0 Å². The van der Waals surface area contributed by atoms with E-state index < -0.39 is 0 Å². The van der Waals surface area contributed by atoms with Gasteiger partial charge in [-0.25, -0.2) is 0 Å². The van der Waals surface area contributed by atoms with Crippen LogP contribution in [0.5, 0.6) is 0 Å². The Hall–Kier alpha value is 0.270. The maximum Gasteiger partial charge on any atom is 0.0914 e. The van der Waals surface area contributed by atoms with E-state index >= 15 is 0 Å². The Labute approximate surface area is 66.0 Å². The molecular formula is C7H14O2S. The molecule has 0 aliphatic carbocycles. The average Bonchev–Trinajstić information content (AvgIpc) is 2.15. The third-order valence-corrected chi connectivity index (χ3v) is 2.79. The molecule has 1 N–H and O–H groups in total. The fraction of sp³-hybridized carbons (Fsp3) is 1.00. The number of ether oxygens (including phenoxy) is 1. The summed E-state index contributed by atoms with van der Waals surface area (Å²) in [7, 11) is 0. The number of thioether (sulfide) groups is 1. The van der Waals surface area contributed by atoms with Crippen molar-refractivity contribution >= 4 is 11.8 Å². The molecule has 3 heteroatoms. The first-order chi connectivity index (χ1) is 4.70. The molecule has 0 bridgehead atoms. The zero-order valence-electron chi connectivity index (χ0n) is 6.41. The first-order valence-electron chi connectivity index (χ1n) is 3.61. The predicted molar refractivity (Wildman–Crippen MR) is 43.3 cm³/mol. The van der Waals surface area contributed by atoms with Crippen molar-refractivity contribution in [3.8, 4) is 0 Å². The van der Waals surface area contributed by atoms with E-state index in [1.165, 1.54) is 0 Å². The molecule has 0 aromatic carbocycles. The molecule has 1 aliphatic heterocycles. The van der Waals surface area contributed by atoms with Crippen LogP contribution in [0.3, 0.4) is 0 Å². The monoisotopic (exact) mass is 162 g/mol. The van der Waals surface area contributed by atoms with Crippen molar-refractivity contribution in [2.24, 2.45) is 0 Å². The Morgan fingerprint density at radius 3 is 2.60 bits per heavy atom.